The predicted molar refractivity (Wildman–Crippen MR) is 87.4 cm³/mol. The first-order valence-corrected chi connectivity index (χ1v) is 7.48. The minimum absolute atomic E-state index is 0.176. The molecule has 0 radical (unpaired) electrons. The number of hydrogen-bond acceptors (Lipinski definition) is 3. The highest BCUT2D eigenvalue weighted by molar-refractivity contribution is 6.32. The molecule has 0 fully saturated rings. The summed E-state index contributed by atoms with van der Waals surface area (Å²) < 4.78 is 7.54. The molecule has 0 aliphatic rings. The fraction of sp³-hybridized carbons (Fsp3) is 0.235. The molecule has 2 aromatic carbocycles. The molecule has 1 atom stereocenters. The molecule has 22 heavy (non-hydrogen) atoms. The maximum absolute atomic E-state index is 10.2. The molecule has 4 nitrogen and oxygen atoms in total. The summed E-state index contributed by atoms with van der Waals surface area (Å²) in [5.41, 5.74) is 2.97. The summed E-state index contributed by atoms with van der Waals surface area (Å²) in [4.78, 5) is 4.31. The summed E-state index contributed by atoms with van der Waals surface area (Å²) in [6, 6.07) is 13.4. The molecule has 3 aromatic rings. The van der Waals surface area contributed by atoms with Gasteiger partial charge in [-0.25, -0.2) is 4.98 Å². The Balaban J connectivity index is 1.65. The van der Waals surface area contributed by atoms with Crippen LogP contribution in [0.1, 0.15) is 5.56 Å². The van der Waals surface area contributed by atoms with Gasteiger partial charge in [0.1, 0.15) is 18.5 Å². The van der Waals surface area contributed by atoms with Crippen LogP contribution in [-0.4, -0.2) is 27.4 Å². The zero-order chi connectivity index (χ0) is 15.5. The average Bonchev–Trinajstić information content (AvgIpc) is 2.91. The molecule has 0 aliphatic carbocycles. The Kier molecular flexibility index (Phi) is 4.32. The quantitative estimate of drug-likeness (QED) is 0.784. The fourth-order valence-electron chi connectivity index (χ4n) is 2.34. The number of benzene rings is 2. The van der Waals surface area contributed by atoms with Gasteiger partial charge in [0.05, 0.1) is 28.9 Å². The van der Waals surface area contributed by atoms with Gasteiger partial charge in [-0.05, 0) is 36.8 Å². The lowest BCUT2D eigenvalue weighted by atomic mass is 10.2. The number of aryl methyl sites for hydroxylation is 1. The third-order valence-corrected chi connectivity index (χ3v) is 3.76. The van der Waals surface area contributed by atoms with E-state index in [1.807, 2.05) is 47.9 Å². The average molecular weight is 317 g/mol. The first-order chi connectivity index (χ1) is 10.6. The molecule has 3 rings (SSSR count). The van der Waals surface area contributed by atoms with Gasteiger partial charge in [0.25, 0.3) is 0 Å². The Morgan fingerprint density at radius 1 is 1.27 bits per heavy atom. The first-order valence-electron chi connectivity index (χ1n) is 7.10. The van der Waals surface area contributed by atoms with Crippen molar-refractivity contribution in [1.82, 2.24) is 9.55 Å². The minimum Gasteiger partial charge on any atom is -0.489 e. The van der Waals surface area contributed by atoms with E-state index in [0.29, 0.717) is 17.3 Å². The van der Waals surface area contributed by atoms with Gasteiger partial charge in [-0.1, -0.05) is 29.8 Å². The SMILES string of the molecule is Cc1ccc(Cl)c(OCC(O)Cn2cnc3ccccc32)c1. The number of aliphatic hydroxyl groups excluding tert-OH is 1. The Bertz CT molecular complexity index is 785. The van der Waals surface area contributed by atoms with Gasteiger partial charge in [-0.15, -0.1) is 0 Å². The number of nitrogens with zero attached hydrogens (tertiary/aromatic N) is 2. The van der Waals surface area contributed by atoms with E-state index >= 15 is 0 Å². The topological polar surface area (TPSA) is 47.3 Å². The van der Waals surface area contributed by atoms with Gasteiger partial charge in [0, 0.05) is 0 Å². The number of aliphatic hydroxyl groups is 1. The van der Waals surface area contributed by atoms with Gasteiger partial charge in [0.2, 0.25) is 0 Å². The van der Waals surface area contributed by atoms with E-state index < -0.39 is 6.10 Å². The molecule has 0 aliphatic heterocycles. The number of fused-ring (bicyclic) bond motifs is 1. The molecule has 0 saturated heterocycles. The van der Waals surface area contributed by atoms with E-state index in [0.717, 1.165) is 16.6 Å². The highest BCUT2D eigenvalue weighted by Crippen LogP contribution is 2.25. The van der Waals surface area contributed by atoms with Crippen LogP contribution >= 0.6 is 11.6 Å². The monoisotopic (exact) mass is 316 g/mol. The predicted octanol–water partition coefficient (Wildman–Crippen LogP) is 3.44. The van der Waals surface area contributed by atoms with Crippen molar-refractivity contribution < 1.29 is 9.84 Å². The number of hydrogen-bond donors (Lipinski definition) is 1. The summed E-state index contributed by atoms with van der Waals surface area (Å²) in [5, 5.41) is 10.7. The van der Waals surface area contributed by atoms with Crippen LogP contribution in [-0.2, 0) is 6.54 Å². The van der Waals surface area contributed by atoms with E-state index in [1.54, 1.807) is 12.4 Å². The van der Waals surface area contributed by atoms with Crippen LogP contribution in [0.2, 0.25) is 5.02 Å². The molecular weight excluding hydrogens is 300 g/mol. The Labute approximate surface area is 133 Å². The van der Waals surface area contributed by atoms with Crippen molar-refractivity contribution in [3.05, 3.63) is 59.4 Å². The Hall–Kier alpha value is -2.04. The van der Waals surface area contributed by atoms with Crippen LogP contribution in [0.5, 0.6) is 5.75 Å². The standard InChI is InChI=1S/C17H17ClN2O2/c1-12-6-7-14(18)17(8-12)22-10-13(21)9-20-11-19-15-4-2-3-5-16(15)20/h2-8,11,13,21H,9-10H2,1H3. The zero-order valence-corrected chi connectivity index (χ0v) is 13.0. The number of rotatable bonds is 5. The zero-order valence-electron chi connectivity index (χ0n) is 12.2. The molecule has 0 saturated carbocycles. The van der Waals surface area contributed by atoms with Crippen molar-refractivity contribution in [2.45, 2.75) is 19.6 Å². The van der Waals surface area contributed by atoms with Gasteiger partial charge in [-0.2, -0.15) is 0 Å². The molecule has 5 heteroatoms. The van der Waals surface area contributed by atoms with Crippen molar-refractivity contribution in [3.63, 3.8) is 0 Å². The molecule has 1 heterocycles. The van der Waals surface area contributed by atoms with Gasteiger partial charge < -0.3 is 14.4 Å². The van der Waals surface area contributed by atoms with Crippen molar-refractivity contribution in [1.29, 1.82) is 0 Å². The number of ether oxygens (including phenoxy) is 1. The summed E-state index contributed by atoms with van der Waals surface area (Å²) in [7, 11) is 0. The van der Waals surface area contributed by atoms with Crippen LogP contribution in [0, 0.1) is 6.92 Å². The Morgan fingerprint density at radius 3 is 2.95 bits per heavy atom. The second kappa shape index (κ2) is 6.38. The highest BCUT2D eigenvalue weighted by Gasteiger charge is 2.10. The molecule has 0 amide bonds. The van der Waals surface area contributed by atoms with Crippen molar-refractivity contribution in [3.8, 4) is 5.75 Å². The van der Waals surface area contributed by atoms with Crippen molar-refractivity contribution >= 4 is 22.6 Å². The van der Waals surface area contributed by atoms with E-state index in [2.05, 4.69) is 4.98 Å². The second-order valence-corrected chi connectivity index (χ2v) is 5.69. The minimum atomic E-state index is -0.644. The molecule has 1 aromatic heterocycles. The number of para-hydroxylation sites is 2. The number of imidazole rings is 1. The highest BCUT2D eigenvalue weighted by atomic mass is 35.5. The Morgan fingerprint density at radius 2 is 2.09 bits per heavy atom. The summed E-state index contributed by atoms with van der Waals surface area (Å²) >= 11 is 6.08. The molecule has 0 spiro atoms. The maximum atomic E-state index is 10.2. The molecule has 0 bridgehead atoms. The molecule has 1 unspecified atom stereocenters. The molecule has 114 valence electrons. The normalized spacial score (nSPS) is 12.5. The van der Waals surface area contributed by atoms with E-state index in [9.17, 15) is 5.11 Å². The second-order valence-electron chi connectivity index (χ2n) is 5.28. The van der Waals surface area contributed by atoms with Crippen LogP contribution in [0.3, 0.4) is 0 Å². The van der Waals surface area contributed by atoms with Gasteiger partial charge >= 0.3 is 0 Å². The maximum Gasteiger partial charge on any atom is 0.138 e. The van der Waals surface area contributed by atoms with Gasteiger partial charge in [0.15, 0.2) is 0 Å². The van der Waals surface area contributed by atoms with Crippen LogP contribution in [0.25, 0.3) is 11.0 Å². The summed E-state index contributed by atoms with van der Waals surface area (Å²) in [6.07, 6.45) is 1.09. The molecule has 1 N–H and O–H groups in total. The van der Waals surface area contributed by atoms with Crippen LogP contribution < -0.4 is 4.74 Å². The summed E-state index contributed by atoms with van der Waals surface area (Å²) in [5.74, 6) is 0.594. The molecular formula is C17H17ClN2O2. The van der Waals surface area contributed by atoms with E-state index in [1.165, 1.54) is 0 Å². The third kappa shape index (κ3) is 3.24. The van der Waals surface area contributed by atoms with E-state index in [-0.39, 0.29) is 6.61 Å². The van der Waals surface area contributed by atoms with Crippen LogP contribution in [0.15, 0.2) is 48.8 Å². The number of halogens is 1. The van der Waals surface area contributed by atoms with Crippen molar-refractivity contribution in [2.75, 3.05) is 6.61 Å². The largest absolute Gasteiger partial charge is 0.489 e. The lowest BCUT2D eigenvalue weighted by Crippen LogP contribution is -2.23. The first kappa shape index (κ1) is 14.9. The van der Waals surface area contributed by atoms with Gasteiger partial charge in [-0.3, -0.25) is 0 Å². The summed E-state index contributed by atoms with van der Waals surface area (Å²) in [6.45, 7) is 2.57. The lowest BCUT2D eigenvalue weighted by molar-refractivity contribution is 0.0934. The van der Waals surface area contributed by atoms with Crippen molar-refractivity contribution in [2.24, 2.45) is 0 Å². The number of aromatic nitrogens is 2. The smallest absolute Gasteiger partial charge is 0.138 e. The fourth-order valence-corrected chi connectivity index (χ4v) is 2.51. The van der Waals surface area contributed by atoms with Crippen LogP contribution in [0.4, 0.5) is 0 Å². The van der Waals surface area contributed by atoms with E-state index in [4.69, 9.17) is 16.3 Å². The lowest BCUT2D eigenvalue weighted by Gasteiger charge is -2.14. The third-order valence-electron chi connectivity index (χ3n) is 3.45.